The van der Waals surface area contributed by atoms with E-state index in [0.717, 1.165) is 5.56 Å². The van der Waals surface area contributed by atoms with E-state index in [1.54, 1.807) is 12.1 Å². The lowest BCUT2D eigenvalue weighted by Gasteiger charge is -2.36. The van der Waals surface area contributed by atoms with Gasteiger partial charge in [-0.3, -0.25) is 9.69 Å². The molecule has 0 bridgehead atoms. The van der Waals surface area contributed by atoms with Crippen LogP contribution in [0.25, 0.3) is 0 Å². The van der Waals surface area contributed by atoms with Crippen LogP contribution in [-0.4, -0.2) is 29.1 Å². The first-order valence-electron chi connectivity index (χ1n) is 4.95. The molecule has 1 aromatic rings. The van der Waals surface area contributed by atoms with E-state index < -0.39 is 5.97 Å². The molecule has 1 saturated heterocycles. The Labute approximate surface area is 104 Å². The molecule has 0 spiro atoms. The van der Waals surface area contributed by atoms with Gasteiger partial charge in [0.05, 0.1) is 5.92 Å². The smallest absolute Gasteiger partial charge is 0.309 e. The Kier molecular flexibility index (Phi) is 3.38. The second-order valence-corrected chi connectivity index (χ2v) is 4.81. The third kappa shape index (κ3) is 2.48. The fourth-order valence-corrected chi connectivity index (χ4v) is 2.13. The molecule has 86 valence electrons. The monoisotopic (exact) mass is 259 g/mol. The molecule has 1 N–H and O–H groups in total. The number of likely N-dealkylation sites (tertiary alicyclic amines) is 1. The summed E-state index contributed by atoms with van der Waals surface area (Å²) in [4.78, 5) is 12.7. The predicted octanol–water partition coefficient (Wildman–Crippen LogP) is 2.51. The van der Waals surface area contributed by atoms with Crippen LogP contribution in [-0.2, 0) is 11.3 Å². The van der Waals surface area contributed by atoms with Crippen molar-refractivity contribution in [3.63, 3.8) is 0 Å². The quantitative estimate of drug-likeness (QED) is 0.907. The molecule has 0 aliphatic carbocycles. The van der Waals surface area contributed by atoms with Gasteiger partial charge in [-0.25, -0.2) is 0 Å². The van der Waals surface area contributed by atoms with Crippen molar-refractivity contribution in [1.82, 2.24) is 4.90 Å². The van der Waals surface area contributed by atoms with Gasteiger partial charge in [0.15, 0.2) is 0 Å². The number of aliphatic carboxylic acids is 1. The van der Waals surface area contributed by atoms with Crippen LogP contribution in [0.3, 0.4) is 0 Å². The maximum atomic E-state index is 10.6. The van der Waals surface area contributed by atoms with Crippen LogP contribution in [0.4, 0.5) is 0 Å². The molecule has 1 aliphatic rings. The molecule has 3 nitrogen and oxygen atoms in total. The highest BCUT2D eigenvalue weighted by atomic mass is 35.5. The highest BCUT2D eigenvalue weighted by Gasteiger charge is 2.32. The number of hydrogen-bond donors (Lipinski definition) is 1. The van der Waals surface area contributed by atoms with Crippen molar-refractivity contribution in [3.8, 4) is 0 Å². The zero-order chi connectivity index (χ0) is 11.7. The Morgan fingerprint density at radius 1 is 1.44 bits per heavy atom. The summed E-state index contributed by atoms with van der Waals surface area (Å²) in [7, 11) is 0. The van der Waals surface area contributed by atoms with E-state index in [1.165, 1.54) is 0 Å². The van der Waals surface area contributed by atoms with Crippen LogP contribution >= 0.6 is 23.2 Å². The number of benzene rings is 1. The summed E-state index contributed by atoms with van der Waals surface area (Å²) in [5.74, 6) is -0.966. The number of rotatable bonds is 3. The van der Waals surface area contributed by atoms with Crippen molar-refractivity contribution in [2.45, 2.75) is 6.54 Å². The predicted molar refractivity (Wildman–Crippen MR) is 62.9 cm³/mol. The summed E-state index contributed by atoms with van der Waals surface area (Å²) < 4.78 is 0. The van der Waals surface area contributed by atoms with Gasteiger partial charge in [0.25, 0.3) is 0 Å². The maximum absolute atomic E-state index is 10.6. The van der Waals surface area contributed by atoms with Crippen molar-refractivity contribution in [3.05, 3.63) is 33.8 Å². The van der Waals surface area contributed by atoms with Crippen LogP contribution < -0.4 is 0 Å². The Balaban J connectivity index is 1.96. The van der Waals surface area contributed by atoms with E-state index >= 15 is 0 Å². The van der Waals surface area contributed by atoms with Crippen LogP contribution in [0.5, 0.6) is 0 Å². The molecule has 1 heterocycles. The SMILES string of the molecule is O=C(O)C1CN(Cc2cc(Cl)ccc2Cl)C1. The average molecular weight is 260 g/mol. The molecule has 0 radical (unpaired) electrons. The molecule has 0 unspecified atom stereocenters. The van der Waals surface area contributed by atoms with Gasteiger partial charge in [-0.1, -0.05) is 23.2 Å². The van der Waals surface area contributed by atoms with E-state index in [-0.39, 0.29) is 5.92 Å². The standard InChI is InChI=1S/C11H11Cl2NO2/c12-9-1-2-10(13)7(3-9)4-14-5-8(6-14)11(15)16/h1-3,8H,4-6H2,(H,15,16). The number of hydrogen-bond acceptors (Lipinski definition) is 2. The van der Waals surface area contributed by atoms with Gasteiger partial charge in [0, 0.05) is 29.7 Å². The second kappa shape index (κ2) is 4.62. The Morgan fingerprint density at radius 2 is 2.12 bits per heavy atom. The van der Waals surface area contributed by atoms with Gasteiger partial charge in [0.1, 0.15) is 0 Å². The number of carboxylic acid groups (broad SMARTS) is 1. The molecule has 0 saturated carbocycles. The van der Waals surface area contributed by atoms with Crippen LogP contribution in [0.1, 0.15) is 5.56 Å². The molecule has 16 heavy (non-hydrogen) atoms. The van der Waals surface area contributed by atoms with E-state index in [4.69, 9.17) is 28.3 Å². The first-order valence-corrected chi connectivity index (χ1v) is 5.71. The molecule has 2 rings (SSSR count). The van der Waals surface area contributed by atoms with Gasteiger partial charge < -0.3 is 5.11 Å². The zero-order valence-electron chi connectivity index (χ0n) is 8.49. The first kappa shape index (κ1) is 11.7. The minimum absolute atomic E-state index is 0.238. The normalized spacial score (nSPS) is 17.1. The summed E-state index contributed by atoms with van der Waals surface area (Å²) in [6.45, 7) is 1.82. The molecular weight excluding hydrogens is 249 g/mol. The van der Waals surface area contributed by atoms with E-state index in [9.17, 15) is 4.79 Å². The van der Waals surface area contributed by atoms with Gasteiger partial charge in [-0.05, 0) is 23.8 Å². The molecule has 1 aliphatic heterocycles. The average Bonchev–Trinajstić information content (AvgIpc) is 2.15. The molecule has 0 amide bonds. The molecule has 5 heteroatoms. The fraction of sp³-hybridized carbons (Fsp3) is 0.364. The maximum Gasteiger partial charge on any atom is 0.309 e. The highest BCUT2D eigenvalue weighted by molar-refractivity contribution is 6.33. The minimum atomic E-state index is -0.728. The van der Waals surface area contributed by atoms with Crippen molar-refractivity contribution in [2.75, 3.05) is 13.1 Å². The van der Waals surface area contributed by atoms with Gasteiger partial charge >= 0.3 is 5.97 Å². The fourth-order valence-electron chi connectivity index (χ4n) is 1.76. The van der Waals surface area contributed by atoms with Crippen LogP contribution in [0.15, 0.2) is 18.2 Å². The first-order chi connectivity index (χ1) is 7.56. The lowest BCUT2D eigenvalue weighted by molar-refractivity contribution is -0.147. The second-order valence-electron chi connectivity index (χ2n) is 3.96. The van der Waals surface area contributed by atoms with Crippen molar-refractivity contribution in [1.29, 1.82) is 0 Å². The summed E-state index contributed by atoms with van der Waals surface area (Å²) in [6, 6.07) is 5.31. The number of halogens is 2. The molecular formula is C11H11Cl2NO2. The van der Waals surface area contributed by atoms with E-state index in [2.05, 4.69) is 0 Å². The summed E-state index contributed by atoms with van der Waals surface area (Å²) in [5, 5.41) is 10.1. The molecule has 0 atom stereocenters. The lowest BCUT2D eigenvalue weighted by atomic mass is 10.00. The van der Waals surface area contributed by atoms with Crippen LogP contribution in [0.2, 0.25) is 10.0 Å². The third-order valence-electron chi connectivity index (χ3n) is 2.71. The van der Waals surface area contributed by atoms with E-state index in [0.29, 0.717) is 29.7 Å². The number of carboxylic acids is 1. The van der Waals surface area contributed by atoms with Crippen LogP contribution in [0, 0.1) is 5.92 Å². The van der Waals surface area contributed by atoms with Gasteiger partial charge in [-0.15, -0.1) is 0 Å². The molecule has 1 fully saturated rings. The molecule has 1 aromatic carbocycles. The minimum Gasteiger partial charge on any atom is -0.481 e. The third-order valence-corrected chi connectivity index (χ3v) is 3.31. The molecule has 0 aromatic heterocycles. The highest BCUT2D eigenvalue weighted by Crippen LogP contribution is 2.25. The zero-order valence-corrected chi connectivity index (χ0v) is 10.0. The van der Waals surface area contributed by atoms with Crippen molar-refractivity contribution in [2.24, 2.45) is 5.92 Å². The number of nitrogens with zero attached hydrogens (tertiary/aromatic N) is 1. The van der Waals surface area contributed by atoms with E-state index in [1.807, 2.05) is 11.0 Å². The topological polar surface area (TPSA) is 40.5 Å². The Morgan fingerprint density at radius 3 is 2.75 bits per heavy atom. The lowest BCUT2D eigenvalue weighted by Crippen LogP contribution is -2.49. The Bertz CT molecular complexity index is 416. The number of carbonyl (C=O) groups is 1. The van der Waals surface area contributed by atoms with Crippen molar-refractivity contribution < 1.29 is 9.90 Å². The summed E-state index contributed by atoms with van der Waals surface area (Å²) >= 11 is 11.9. The van der Waals surface area contributed by atoms with Gasteiger partial charge in [0.2, 0.25) is 0 Å². The van der Waals surface area contributed by atoms with Crippen molar-refractivity contribution >= 4 is 29.2 Å². The summed E-state index contributed by atoms with van der Waals surface area (Å²) in [5.41, 5.74) is 0.943. The Hall–Kier alpha value is -0.770. The van der Waals surface area contributed by atoms with Gasteiger partial charge in [-0.2, -0.15) is 0 Å². The summed E-state index contributed by atoms with van der Waals surface area (Å²) in [6.07, 6.45) is 0. The largest absolute Gasteiger partial charge is 0.481 e.